The van der Waals surface area contributed by atoms with Gasteiger partial charge in [0, 0.05) is 16.6 Å². The molecule has 0 bridgehead atoms. The lowest BCUT2D eigenvalue weighted by Crippen LogP contribution is -2.39. The molecule has 1 saturated carbocycles. The Kier molecular flexibility index (Phi) is 3.83. The second kappa shape index (κ2) is 6.03. The van der Waals surface area contributed by atoms with Crippen molar-refractivity contribution in [3.05, 3.63) is 53.6 Å². The second-order valence-corrected chi connectivity index (χ2v) is 6.93. The zero-order chi connectivity index (χ0) is 17.4. The monoisotopic (exact) mass is 335 g/mol. The van der Waals surface area contributed by atoms with Crippen LogP contribution in [0.25, 0.3) is 10.8 Å². The van der Waals surface area contributed by atoms with Crippen LogP contribution in [0.4, 0.5) is 5.69 Å². The van der Waals surface area contributed by atoms with Crippen molar-refractivity contribution in [2.24, 2.45) is 0 Å². The van der Waals surface area contributed by atoms with Gasteiger partial charge in [-0.25, -0.2) is 4.79 Å². The van der Waals surface area contributed by atoms with E-state index in [0.29, 0.717) is 11.1 Å². The Morgan fingerprint density at radius 3 is 2.56 bits per heavy atom. The Morgan fingerprint density at radius 2 is 1.76 bits per heavy atom. The number of nitrogens with one attached hydrogen (secondary N) is 1. The third-order valence-corrected chi connectivity index (χ3v) is 5.35. The number of carbonyl (C=O) groups is 2. The fourth-order valence-corrected chi connectivity index (χ4v) is 4.12. The first-order chi connectivity index (χ1) is 12.1. The summed E-state index contributed by atoms with van der Waals surface area (Å²) in [5.41, 5.74) is 0.993. The highest BCUT2D eigenvalue weighted by Gasteiger charge is 2.49. The Hall–Kier alpha value is -2.62. The van der Waals surface area contributed by atoms with Gasteiger partial charge < -0.3 is 10.1 Å². The normalized spacial score (nSPS) is 19.3. The SMILES string of the molecule is CC1=C(C(=O)Nc2cccc3ccccc23)C2(CCCCC2)OC1=O. The van der Waals surface area contributed by atoms with Crippen molar-refractivity contribution in [3.63, 3.8) is 0 Å². The van der Waals surface area contributed by atoms with Crippen LogP contribution in [0.3, 0.4) is 0 Å². The van der Waals surface area contributed by atoms with Gasteiger partial charge in [0.15, 0.2) is 0 Å². The minimum absolute atomic E-state index is 0.221. The number of esters is 1. The zero-order valence-corrected chi connectivity index (χ0v) is 14.3. The smallest absolute Gasteiger partial charge is 0.335 e. The maximum absolute atomic E-state index is 13.1. The fourth-order valence-electron chi connectivity index (χ4n) is 4.12. The number of amides is 1. The molecule has 128 valence electrons. The number of anilines is 1. The van der Waals surface area contributed by atoms with E-state index in [0.717, 1.165) is 48.6 Å². The fraction of sp³-hybridized carbons (Fsp3) is 0.333. The quantitative estimate of drug-likeness (QED) is 0.830. The molecule has 0 aromatic heterocycles. The number of carbonyl (C=O) groups excluding carboxylic acids is 2. The van der Waals surface area contributed by atoms with Crippen LogP contribution in [0.15, 0.2) is 53.6 Å². The summed E-state index contributed by atoms with van der Waals surface area (Å²) in [4.78, 5) is 25.3. The van der Waals surface area contributed by atoms with Gasteiger partial charge in [0.05, 0.1) is 5.57 Å². The van der Waals surface area contributed by atoms with Crippen LogP contribution in [-0.4, -0.2) is 17.5 Å². The molecule has 1 N–H and O–H groups in total. The predicted molar refractivity (Wildman–Crippen MR) is 97.2 cm³/mol. The Bertz CT molecular complexity index is 886. The molecular formula is C21H21NO3. The summed E-state index contributed by atoms with van der Waals surface area (Å²) in [6, 6.07) is 13.8. The third-order valence-electron chi connectivity index (χ3n) is 5.35. The van der Waals surface area contributed by atoms with Gasteiger partial charge in [-0.15, -0.1) is 0 Å². The second-order valence-electron chi connectivity index (χ2n) is 6.93. The van der Waals surface area contributed by atoms with Crippen LogP contribution in [0.5, 0.6) is 0 Å². The van der Waals surface area contributed by atoms with E-state index < -0.39 is 5.60 Å². The molecule has 0 atom stereocenters. The van der Waals surface area contributed by atoms with Crippen molar-refractivity contribution < 1.29 is 14.3 Å². The lowest BCUT2D eigenvalue weighted by molar-refractivity contribution is -0.149. The van der Waals surface area contributed by atoms with Crippen LogP contribution in [-0.2, 0) is 14.3 Å². The van der Waals surface area contributed by atoms with Gasteiger partial charge in [-0.05, 0) is 44.1 Å². The molecule has 4 nitrogen and oxygen atoms in total. The Morgan fingerprint density at radius 1 is 1.04 bits per heavy atom. The molecule has 1 aliphatic heterocycles. The van der Waals surface area contributed by atoms with Gasteiger partial charge >= 0.3 is 5.97 Å². The molecule has 2 aromatic rings. The topological polar surface area (TPSA) is 55.4 Å². The van der Waals surface area contributed by atoms with Crippen LogP contribution in [0.2, 0.25) is 0 Å². The Labute approximate surface area is 146 Å². The Balaban J connectivity index is 1.70. The average molecular weight is 335 g/mol. The van der Waals surface area contributed by atoms with Crippen molar-refractivity contribution in [2.75, 3.05) is 5.32 Å². The van der Waals surface area contributed by atoms with E-state index in [9.17, 15) is 9.59 Å². The first-order valence-electron chi connectivity index (χ1n) is 8.84. The average Bonchev–Trinajstić information content (AvgIpc) is 2.85. The van der Waals surface area contributed by atoms with E-state index in [1.807, 2.05) is 42.5 Å². The molecule has 1 fully saturated rings. The summed E-state index contributed by atoms with van der Waals surface area (Å²) in [6.45, 7) is 1.70. The van der Waals surface area contributed by atoms with E-state index >= 15 is 0 Å². The largest absolute Gasteiger partial charge is 0.451 e. The van der Waals surface area contributed by atoms with Crippen molar-refractivity contribution in [1.29, 1.82) is 0 Å². The molecule has 2 aliphatic rings. The van der Waals surface area contributed by atoms with Crippen molar-refractivity contribution in [1.82, 2.24) is 0 Å². The number of hydrogen-bond acceptors (Lipinski definition) is 3. The third kappa shape index (κ3) is 2.62. The lowest BCUT2D eigenvalue weighted by atomic mass is 9.78. The zero-order valence-electron chi connectivity index (χ0n) is 14.3. The summed E-state index contributed by atoms with van der Waals surface area (Å²) < 4.78 is 5.69. The van der Waals surface area contributed by atoms with E-state index in [4.69, 9.17) is 4.74 Å². The first-order valence-corrected chi connectivity index (χ1v) is 8.84. The predicted octanol–water partition coefficient (Wildman–Crippen LogP) is 4.35. The molecule has 1 aliphatic carbocycles. The molecule has 1 spiro atoms. The molecule has 1 amide bonds. The molecule has 0 unspecified atom stereocenters. The van der Waals surface area contributed by atoms with E-state index in [1.165, 1.54) is 0 Å². The molecule has 0 radical (unpaired) electrons. The number of fused-ring (bicyclic) bond motifs is 1. The first kappa shape index (κ1) is 15.9. The van der Waals surface area contributed by atoms with Gasteiger partial charge in [-0.3, -0.25) is 4.79 Å². The minimum atomic E-state index is -0.728. The molecule has 2 aromatic carbocycles. The highest BCUT2D eigenvalue weighted by Crippen LogP contribution is 2.44. The molecule has 25 heavy (non-hydrogen) atoms. The van der Waals surface area contributed by atoms with Crippen LogP contribution in [0, 0.1) is 0 Å². The standard InChI is InChI=1S/C21H21NO3/c1-14-18(21(25-20(14)24)12-5-2-6-13-21)19(23)22-17-11-7-9-15-8-3-4-10-16(15)17/h3-4,7-11H,2,5-6,12-13H2,1H3,(H,22,23). The highest BCUT2D eigenvalue weighted by atomic mass is 16.6. The summed E-state index contributed by atoms with van der Waals surface area (Å²) >= 11 is 0. The van der Waals surface area contributed by atoms with Gasteiger partial charge in [0.2, 0.25) is 0 Å². The number of benzene rings is 2. The summed E-state index contributed by atoms with van der Waals surface area (Å²) in [6.07, 6.45) is 4.54. The summed E-state index contributed by atoms with van der Waals surface area (Å²) in [5, 5.41) is 5.07. The number of hydrogen-bond donors (Lipinski definition) is 1. The van der Waals surface area contributed by atoms with Crippen molar-refractivity contribution in [3.8, 4) is 0 Å². The van der Waals surface area contributed by atoms with E-state index in [-0.39, 0.29) is 11.9 Å². The van der Waals surface area contributed by atoms with Gasteiger partial charge in [0.1, 0.15) is 5.60 Å². The number of rotatable bonds is 2. The maximum Gasteiger partial charge on any atom is 0.335 e. The van der Waals surface area contributed by atoms with Gasteiger partial charge in [-0.2, -0.15) is 0 Å². The molecular weight excluding hydrogens is 314 g/mol. The molecule has 4 heteroatoms. The van der Waals surface area contributed by atoms with Crippen LogP contribution >= 0.6 is 0 Å². The summed E-state index contributed by atoms with van der Waals surface area (Å²) in [7, 11) is 0. The van der Waals surface area contributed by atoms with Crippen LogP contribution in [0.1, 0.15) is 39.0 Å². The summed E-state index contributed by atoms with van der Waals surface area (Å²) in [5.74, 6) is -0.577. The maximum atomic E-state index is 13.1. The number of ether oxygens (including phenoxy) is 1. The van der Waals surface area contributed by atoms with Crippen LogP contribution < -0.4 is 5.32 Å². The lowest BCUT2D eigenvalue weighted by Gasteiger charge is -2.34. The van der Waals surface area contributed by atoms with Gasteiger partial charge in [0.25, 0.3) is 5.91 Å². The van der Waals surface area contributed by atoms with E-state index in [2.05, 4.69) is 5.32 Å². The molecule has 1 heterocycles. The van der Waals surface area contributed by atoms with Crippen molar-refractivity contribution >= 4 is 28.3 Å². The van der Waals surface area contributed by atoms with Crippen molar-refractivity contribution in [2.45, 2.75) is 44.6 Å². The minimum Gasteiger partial charge on any atom is -0.451 e. The highest BCUT2D eigenvalue weighted by molar-refractivity contribution is 6.14. The molecule has 0 saturated heterocycles. The molecule has 4 rings (SSSR count). The van der Waals surface area contributed by atoms with Gasteiger partial charge in [-0.1, -0.05) is 42.8 Å². The van der Waals surface area contributed by atoms with E-state index in [1.54, 1.807) is 6.92 Å².